The van der Waals surface area contributed by atoms with Gasteiger partial charge in [0.15, 0.2) is 0 Å². The molecule has 6 rings (SSSR count). The zero-order valence-corrected chi connectivity index (χ0v) is 24.5. The summed E-state index contributed by atoms with van der Waals surface area (Å²) in [7, 11) is 0. The lowest BCUT2D eigenvalue weighted by molar-refractivity contribution is -0.258. The van der Waals surface area contributed by atoms with Gasteiger partial charge in [0, 0.05) is 21.0 Å². The molecule has 8 heteroatoms. The predicted molar refractivity (Wildman–Crippen MR) is 158 cm³/mol. The summed E-state index contributed by atoms with van der Waals surface area (Å²) in [5.74, 6) is -15.2. The normalized spacial score (nSPS) is 29.8. The molecule has 1 saturated carbocycles. The first-order valence-corrected chi connectivity index (χ1v) is 15.1. The topological polar surface area (TPSA) is 0 Å². The van der Waals surface area contributed by atoms with Crippen LogP contribution in [0.25, 0.3) is 15.9 Å². The average Bonchev–Trinajstić information content (AvgIpc) is 3.52. The van der Waals surface area contributed by atoms with E-state index in [1.165, 1.54) is 35.7 Å². The van der Waals surface area contributed by atoms with Crippen LogP contribution in [-0.2, 0) is 0 Å². The fourth-order valence-corrected chi connectivity index (χ4v) is 9.11. The Kier molecular flexibility index (Phi) is 6.41. The molecule has 214 valence electrons. The molecule has 0 amide bonds. The first kappa shape index (κ1) is 28.5. The van der Waals surface area contributed by atoms with Gasteiger partial charge in [-0.2, -0.15) is 26.3 Å². The molecule has 2 aromatic carbocycles. The standard InChI is InChI=1S/C33H28F6S2/c1-5-19(2)11-12-20-13-15-22(16-14-20)26-18-24-28-27(31(34,35)33(38,39)32(28,36)37)23-17-25(21-9-7-6-8-10-21)40-29(23,3)30(24,4)41-26/h6-19H,5H2,1-4H3/b12-11+/t19-,29-,30-/m0/s1. The molecule has 2 aromatic rings. The van der Waals surface area contributed by atoms with Gasteiger partial charge in [0.25, 0.3) is 0 Å². The van der Waals surface area contributed by atoms with Crippen LogP contribution in [0.3, 0.4) is 0 Å². The fourth-order valence-electron chi connectivity index (χ4n) is 5.97. The van der Waals surface area contributed by atoms with Crippen LogP contribution in [0.4, 0.5) is 26.3 Å². The quantitative estimate of drug-likeness (QED) is 0.312. The average molecular weight is 603 g/mol. The van der Waals surface area contributed by atoms with E-state index in [1.807, 2.05) is 30.3 Å². The zero-order chi connectivity index (χ0) is 29.6. The van der Waals surface area contributed by atoms with E-state index in [9.17, 15) is 8.78 Å². The molecular formula is C33H28F6S2. The summed E-state index contributed by atoms with van der Waals surface area (Å²) in [5.41, 5.74) is -0.385. The predicted octanol–water partition coefficient (Wildman–Crippen LogP) is 10.7. The van der Waals surface area contributed by atoms with Gasteiger partial charge in [-0.3, -0.25) is 0 Å². The SMILES string of the molecule is CC[C@H](C)/C=C/c1ccc(C2=CC3=C4C(=C5C=C(c6ccccc6)S[C@]5(C)[C@@]3(C)S2)C(F)(F)C(F)(F)C4(F)F)cc1. The van der Waals surface area contributed by atoms with Gasteiger partial charge in [-0.05, 0) is 59.8 Å². The third-order valence-corrected chi connectivity index (χ3v) is 12.2. The Hall–Kier alpha value is -2.58. The second-order valence-corrected chi connectivity index (χ2v) is 14.2. The maximum atomic E-state index is 15.5. The lowest BCUT2D eigenvalue weighted by atomic mass is 9.71. The van der Waals surface area contributed by atoms with Gasteiger partial charge in [0.2, 0.25) is 0 Å². The summed E-state index contributed by atoms with van der Waals surface area (Å²) in [5, 5.41) is 0. The summed E-state index contributed by atoms with van der Waals surface area (Å²) < 4.78 is 89.6. The van der Waals surface area contributed by atoms with E-state index in [2.05, 4.69) is 19.9 Å². The lowest BCUT2D eigenvalue weighted by Crippen LogP contribution is -2.48. The summed E-state index contributed by atoms with van der Waals surface area (Å²) in [4.78, 5) is 1.16. The first-order chi connectivity index (χ1) is 19.2. The number of alkyl halides is 6. The smallest absolute Gasteiger partial charge is 0.194 e. The highest BCUT2D eigenvalue weighted by Crippen LogP contribution is 2.75. The van der Waals surface area contributed by atoms with Crippen LogP contribution in [0.5, 0.6) is 0 Å². The van der Waals surface area contributed by atoms with Crippen LogP contribution in [0.1, 0.15) is 50.8 Å². The van der Waals surface area contributed by atoms with Crippen molar-refractivity contribution in [2.24, 2.45) is 5.92 Å². The Labute approximate surface area is 244 Å². The summed E-state index contributed by atoms with van der Waals surface area (Å²) >= 11 is 2.54. The number of benzene rings is 2. The van der Waals surface area contributed by atoms with Crippen molar-refractivity contribution >= 4 is 39.4 Å². The number of hydrogen-bond acceptors (Lipinski definition) is 2. The lowest BCUT2D eigenvalue weighted by Gasteiger charge is -2.47. The number of allylic oxidation sites excluding steroid dienone is 5. The van der Waals surface area contributed by atoms with E-state index < -0.39 is 38.4 Å². The third kappa shape index (κ3) is 3.78. The molecule has 1 fully saturated rings. The van der Waals surface area contributed by atoms with E-state index in [1.54, 1.807) is 44.2 Å². The van der Waals surface area contributed by atoms with Gasteiger partial charge < -0.3 is 0 Å². The molecule has 0 radical (unpaired) electrons. The molecule has 2 aliphatic carbocycles. The molecule has 2 aliphatic heterocycles. The Balaban J connectivity index is 1.53. The van der Waals surface area contributed by atoms with Crippen LogP contribution in [0.15, 0.2) is 95.1 Å². The molecule has 0 N–H and O–H groups in total. The Morgan fingerprint density at radius 3 is 1.63 bits per heavy atom. The van der Waals surface area contributed by atoms with Crippen LogP contribution < -0.4 is 0 Å². The fraction of sp³-hybridized carbons (Fsp3) is 0.333. The minimum Gasteiger partial charge on any atom is -0.194 e. The van der Waals surface area contributed by atoms with Gasteiger partial charge in [-0.25, -0.2) is 0 Å². The van der Waals surface area contributed by atoms with Crippen molar-refractivity contribution in [1.29, 1.82) is 0 Å². The monoisotopic (exact) mass is 602 g/mol. The molecule has 0 saturated heterocycles. The number of fused-ring (bicyclic) bond motifs is 4. The van der Waals surface area contributed by atoms with Gasteiger partial charge in [-0.1, -0.05) is 87.0 Å². The highest BCUT2D eigenvalue weighted by Gasteiger charge is 2.84. The van der Waals surface area contributed by atoms with Crippen molar-refractivity contribution in [1.82, 2.24) is 0 Å². The molecule has 0 spiro atoms. The van der Waals surface area contributed by atoms with E-state index >= 15 is 17.6 Å². The Bertz CT molecular complexity index is 1580. The van der Waals surface area contributed by atoms with Gasteiger partial charge >= 0.3 is 17.8 Å². The van der Waals surface area contributed by atoms with Gasteiger partial charge in [0.1, 0.15) is 0 Å². The molecule has 0 unspecified atom stereocenters. The maximum absolute atomic E-state index is 15.5. The second kappa shape index (κ2) is 9.21. The number of rotatable bonds is 5. The Morgan fingerprint density at radius 1 is 0.707 bits per heavy atom. The molecule has 4 aliphatic rings. The third-order valence-electron chi connectivity index (χ3n) is 8.84. The Morgan fingerprint density at radius 2 is 1.17 bits per heavy atom. The molecular weight excluding hydrogens is 574 g/mol. The van der Waals surface area contributed by atoms with Crippen LogP contribution in [0.2, 0.25) is 0 Å². The molecule has 0 nitrogen and oxygen atoms in total. The van der Waals surface area contributed by atoms with Crippen molar-refractivity contribution in [3.05, 3.63) is 112 Å². The second-order valence-electron chi connectivity index (χ2n) is 11.3. The molecule has 3 atom stereocenters. The summed E-state index contributed by atoms with van der Waals surface area (Å²) in [6.07, 6.45) is 7.97. The van der Waals surface area contributed by atoms with E-state index in [4.69, 9.17) is 0 Å². The molecule has 2 heterocycles. The molecule has 0 bridgehead atoms. The highest BCUT2D eigenvalue weighted by atomic mass is 32.2. The van der Waals surface area contributed by atoms with E-state index in [-0.39, 0.29) is 11.1 Å². The van der Waals surface area contributed by atoms with Crippen molar-refractivity contribution in [3.8, 4) is 0 Å². The van der Waals surface area contributed by atoms with Crippen molar-refractivity contribution in [2.75, 3.05) is 0 Å². The van der Waals surface area contributed by atoms with Gasteiger partial charge in [-0.15, -0.1) is 23.5 Å². The first-order valence-electron chi connectivity index (χ1n) is 13.5. The molecule has 41 heavy (non-hydrogen) atoms. The van der Waals surface area contributed by atoms with E-state index in [0.717, 1.165) is 12.0 Å². The minimum atomic E-state index is -5.56. The van der Waals surface area contributed by atoms with Crippen molar-refractivity contribution < 1.29 is 26.3 Å². The number of hydrogen-bond donors (Lipinski definition) is 0. The largest absolute Gasteiger partial charge is 0.380 e. The van der Waals surface area contributed by atoms with Crippen LogP contribution >= 0.6 is 23.5 Å². The minimum absolute atomic E-state index is 0.155. The number of thioether (sulfide) groups is 2. The van der Waals surface area contributed by atoms with E-state index in [0.29, 0.717) is 26.9 Å². The highest BCUT2D eigenvalue weighted by molar-refractivity contribution is 8.14. The zero-order valence-electron chi connectivity index (χ0n) is 22.9. The maximum Gasteiger partial charge on any atom is 0.380 e. The molecule has 0 aromatic heterocycles. The van der Waals surface area contributed by atoms with Crippen molar-refractivity contribution in [3.63, 3.8) is 0 Å². The summed E-state index contributed by atoms with van der Waals surface area (Å²) in [6.45, 7) is 7.64. The van der Waals surface area contributed by atoms with Crippen molar-refractivity contribution in [2.45, 2.75) is 61.4 Å². The van der Waals surface area contributed by atoms with Gasteiger partial charge in [0.05, 0.1) is 9.49 Å². The van der Waals surface area contributed by atoms with Crippen LogP contribution in [-0.4, -0.2) is 27.3 Å². The number of halogens is 6. The van der Waals surface area contributed by atoms with Crippen LogP contribution in [0, 0.1) is 5.92 Å². The summed E-state index contributed by atoms with van der Waals surface area (Å²) in [6, 6.07) is 16.5.